The Morgan fingerprint density at radius 1 is 0.339 bits per heavy atom. The van der Waals surface area contributed by atoms with Crippen molar-refractivity contribution in [3.63, 3.8) is 0 Å². The fourth-order valence-electron chi connectivity index (χ4n) is 7.73. The molecule has 0 amide bonds. The summed E-state index contributed by atoms with van der Waals surface area (Å²) in [6, 6.07) is 47.4. The van der Waals surface area contributed by atoms with Gasteiger partial charge in [-0.1, -0.05) is 133 Å². The molecular weight excluding hydrogens is 737 g/mol. The van der Waals surface area contributed by atoms with E-state index < -0.39 is 29.7 Å². The number of hydrogen-bond donors (Lipinski definition) is 0. The Hall–Kier alpha value is -6.62. The lowest BCUT2D eigenvalue weighted by Crippen LogP contribution is -2.15. The number of fused-ring (bicyclic) bond motifs is 6. The highest BCUT2D eigenvalue weighted by Crippen LogP contribution is 2.44. The zero-order valence-electron chi connectivity index (χ0n) is 29.7. The largest absolute Gasteiger partial charge is 0.248 e. The third-order valence-corrected chi connectivity index (χ3v) is 13.8. The van der Waals surface area contributed by atoms with Crippen LogP contribution in [0.4, 0.5) is 0 Å². The van der Waals surface area contributed by atoms with Crippen molar-refractivity contribution in [3.8, 4) is 0 Å². The second kappa shape index (κ2) is 13.0. The molecule has 8 aromatic carbocycles. The summed E-state index contributed by atoms with van der Waals surface area (Å²) in [5.74, 6) is 0. The average Bonchev–Trinajstić information content (AvgIpc) is 3.24. The highest BCUT2D eigenvalue weighted by atomic mass is 32.2. The average molecular weight is 767 g/mol. The van der Waals surface area contributed by atoms with Gasteiger partial charge in [-0.05, 0) is 35.4 Å². The number of hydrogen-bond acceptors (Lipinski definition) is 8. The summed E-state index contributed by atoms with van der Waals surface area (Å²) in [5.41, 5.74) is 5.92. The van der Waals surface area contributed by atoms with Crippen LogP contribution in [0.3, 0.4) is 0 Å². The Morgan fingerprint density at radius 3 is 0.982 bits per heavy atom. The molecule has 0 N–H and O–H groups in total. The first-order valence-electron chi connectivity index (χ1n) is 18.1. The van der Waals surface area contributed by atoms with Crippen molar-refractivity contribution >= 4 is 74.1 Å². The summed E-state index contributed by atoms with van der Waals surface area (Å²) in [4.78, 5) is 20.2. The van der Waals surface area contributed by atoms with Gasteiger partial charge >= 0.3 is 0 Å². The monoisotopic (exact) mass is 766 g/mol. The highest BCUT2D eigenvalue weighted by Gasteiger charge is 2.34. The smallest absolute Gasteiger partial charge is 0.226 e. The summed E-state index contributed by atoms with van der Waals surface area (Å²) < 4.78 is 57.7. The van der Waals surface area contributed by atoms with Crippen molar-refractivity contribution in [1.82, 2.24) is 19.9 Å². The van der Waals surface area contributed by atoms with Crippen LogP contribution in [-0.4, -0.2) is 36.8 Å². The number of sulfone groups is 2. The van der Waals surface area contributed by atoms with Crippen LogP contribution in [0.1, 0.15) is 22.5 Å². The van der Waals surface area contributed by atoms with Crippen LogP contribution in [0.2, 0.25) is 0 Å². The molecule has 0 atom stereocenters. The van der Waals surface area contributed by atoms with Gasteiger partial charge in [-0.2, -0.15) is 0 Å². The van der Waals surface area contributed by atoms with E-state index in [9.17, 15) is 16.8 Å². The minimum absolute atomic E-state index is 0.0891. The minimum Gasteiger partial charge on any atom is -0.248 e. The van der Waals surface area contributed by atoms with Gasteiger partial charge in [0.25, 0.3) is 0 Å². The summed E-state index contributed by atoms with van der Waals surface area (Å²) in [5, 5.41) is 3.30. The van der Waals surface area contributed by atoms with E-state index in [1.807, 2.05) is 72.8 Å². The molecule has 0 aliphatic rings. The van der Waals surface area contributed by atoms with Gasteiger partial charge in [0.15, 0.2) is 10.1 Å². The summed E-state index contributed by atoms with van der Waals surface area (Å²) in [7, 11) is -8.94. The molecule has 2 heterocycles. The van der Waals surface area contributed by atoms with Crippen LogP contribution in [-0.2, 0) is 32.5 Å². The molecule has 10 rings (SSSR count). The molecule has 0 unspecified atom stereocenters. The maximum atomic E-state index is 14.4. The Morgan fingerprint density at radius 2 is 0.643 bits per heavy atom. The molecule has 0 spiro atoms. The van der Waals surface area contributed by atoms with Gasteiger partial charge in [-0.15, -0.1) is 0 Å². The van der Waals surface area contributed by atoms with Crippen LogP contribution < -0.4 is 0 Å². The molecule has 8 nitrogen and oxygen atoms in total. The molecule has 10 heteroatoms. The second-order valence-corrected chi connectivity index (χ2v) is 17.5. The molecule has 0 radical (unpaired) electrons. The van der Waals surface area contributed by atoms with Crippen molar-refractivity contribution in [1.29, 1.82) is 0 Å². The van der Waals surface area contributed by atoms with Crippen molar-refractivity contribution in [2.24, 2.45) is 0 Å². The molecule has 10 aromatic rings. The fourth-order valence-corrected chi connectivity index (χ4v) is 10.8. The first-order chi connectivity index (χ1) is 27.3. The van der Waals surface area contributed by atoms with E-state index in [4.69, 9.17) is 19.9 Å². The summed E-state index contributed by atoms with van der Waals surface area (Å²) >= 11 is 0. The van der Waals surface area contributed by atoms with Crippen molar-refractivity contribution in [3.05, 3.63) is 180 Å². The molecule has 0 saturated heterocycles. The van der Waals surface area contributed by atoms with Crippen LogP contribution in [0.15, 0.2) is 178 Å². The van der Waals surface area contributed by atoms with E-state index in [1.54, 1.807) is 36.4 Å². The standard InChI is InChI=1S/C46H30N4O4S2/c51-55(52,31-19-9-3-10-20-31)45-46(56(53,54)32-21-11-4-12-22-32)50-44-36-26-14-24-34-40(36)39-33(23-13-25-35(39)43(44)49-45)41-42(34)48-38(28-30-17-7-2-8-18-30)37(47-41)27-29-15-5-1-6-16-29/h1-26H,27-28H2. The van der Waals surface area contributed by atoms with E-state index in [2.05, 4.69) is 24.3 Å². The topological polar surface area (TPSA) is 120 Å². The summed E-state index contributed by atoms with van der Waals surface area (Å²) in [6.07, 6.45) is 1.16. The molecule has 0 bridgehead atoms. The maximum absolute atomic E-state index is 14.4. The molecule has 0 fully saturated rings. The van der Waals surface area contributed by atoms with Crippen LogP contribution in [0, 0.1) is 0 Å². The van der Waals surface area contributed by atoms with Crippen molar-refractivity contribution in [2.45, 2.75) is 32.7 Å². The molecule has 2 aromatic heterocycles. The van der Waals surface area contributed by atoms with E-state index in [0.717, 1.165) is 44.1 Å². The van der Waals surface area contributed by atoms with Gasteiger partial charge in [0.1, 0.15) is 0 Å². The molecular formula is C46H30N4O4S2. The first-order valence-corrected chi connectivity index (χ1v) is 21.0. The molecule has 56 heavy (non-hydrogen) atoms. The van der Waals surface area contributed by atoms with Gasteiger partial charge in [0.05, 0.1) is 43.2 Å². The van der Waals surface area contributed by atoms with E-state index in [0.29, 0.717) is 34.6 Å². The first kappa shape index (κ1) is 33.9. The lowest BCUT2D eigenvalue weighted by molar-refractivity contribution is 0.573. The second-order valence-electron chi connectivity index (χ2n) is 13.8. The predicted molar refractivity (Wildman–Crippen MR) is 219 cm³/mol. The van der Waals surface area contributed by atoms with Gasteiger partial charge in [-0.25, -0.2) is 36.8 Å². The van der Waals surface area contributed by atoms with Gasteiger partial charge in [0, 0.05) is 45.2 Å². The van der Waals surface area contributed by atoms with Gasteiger partial charge in [-0.3, -0.25) is 0 Å². The molecule has 270 valence electrons. The normalized spacial score (nSPS) is 12.4. The fraction of sp³-hybridized carbons (Fsp3) is 0.0435. The van der Waals surface area contributed by atoms with E-state index >= 15 is 0 Å². The molecule has 0 aliphatic carbocycles. The van der Waals surface area contributed by atoms with E-state index in [-0.39, 0.29) is 20.8 Å². The third-order valence-electron chi connectivity index (χ3n) is 10.3. The van der Waals surface area contributed by atoms with Crippen LogP contribution >= 0.6 is 0 Å². The predicted octanol–water partition coefficient (Wildman–Crippen LogP) is 9.32. The number of benzene rings is 8. The number of rotatable bonds is 8. The van der Waals surface area contributed by atoms with Crippen LogP contribution in [0.25, 0.3) is 54.4 Å². The molecule has 0 saturated carbocycles. The zero-order chi connectivity index (χ0) is 38.0. The highest BCUT2D eigenvalue weighted by molar-refractivity contribution is 7.94. The van der Waals surface area contributed by atoms with Crippen molar-refractivity contribution in [2.75, 3.05) is 0 Å². The quantitative estimate of drug-likeness (QED) is 0.111. The lowest BCUT2D eigenvalue weighted by atomic mass is 9.91. The van der Waals surface area contributed by atoms with Crippen molar-refractivity contribution < 1.29 is 16.8 Å². The Balaban J connectivity index is 1.33. The Kier molecular flexibility index (Phi) is 7.88. The maximum Gasteiger partial charge on any atom is 0.226 e. The lowest BCUT2D eigenvalue weighted by Gasteiger charge is -2.19. The SMILES string of the molecule is O=S(=O)(c1ccccc1)c1nc2c3cccc4c5nc(Cc6ccccc6)c(Cc6ccccc6)nc5c5cccc(c2nc1S(=O)(=O)c1ccccc1)c5c43. The third kappa shape index (κ3) is 5.40. The number of aromatic nitrogens is 4. The van der Waals surface area contributed by atoms with Gasteiger partial charge in [0.2, 0.25) is 19.7 Å². The number of nitrogens with zero attached hydrogens (tertiary/aromatic N) is 4. The Bertz CT molecular complexity index is 3140. The Labute approximate surface area is 322 Å². The van der Waals surface area contributed by atoms with Crippen LogP contribution in [0.5, 0.6) is 0 Å². The minimum atomic E-state index is -4.47. The van der Waals surface area contributed by atoms with Gasteiger partial charge < -0.3 is 0 Å². The van der Waals surface area contributed by atoms with E-state index in [1.165, 1.54) is 24.3 Å². The molecule has 0 aliphatic heterocycles. The zero-order valence-corrected chi connectivity index (χ0v) is 31.3. The summed E-state index contributed by atoms with van der Waals surface area (Å²) in [6.45, 7) is 0.